The van der Waals surface area contributed by atoms with Crippen molar-refractivity contribution in [2.75, 3.05) is 7.11 Å². The number of benzene rings is 3. The van der Waals surface area contributed by atoms with Gasteiger partial charge >= 0.3 is 0 Å². The molecule has 0 aliphatic carbocycles. The van der Waals surface area contributed by atoms with Crippen LogP contribution < -0.4 is 4.74 Å². The summed E-state index contributed by atoms with van der Waals surface area (Å²) < 4.78 is 5.22. The molecule has 0 aliphatic heterocycles. The summed E-state index contributed by atoms with van der Waals surface area (Å²) in [5.74, 6) is 0.831. The van der Waals surface area contributed by atoms with E-state index in [1.807, 2.05) is 66.7 Å². The van der Waals surface area contributed by atoms with Crippen molar-refractivity contribution in [3.8, 4) is 5.75 Å². The zero-order chi connectivity index (χ0) is 17.5. The standard InChI is InChI=1S/C21H17N3O/c1-25-20-13-7-16(8-14-20)15-21(17-5-3-2-4-6-17)18-9-11-19(12-10-18)23-24-22/h2-15H,1H3. The fraction of sp³-hybridized carbons (Fsp3) is 0.0476. The Balaban J connectivity index is 2.05. The number of methoxy groups -OCH3 is 1. The molecule has 0 saturated heterocycles. The molecule has 0 atom stereocenters. The van der Waals surface area contributed by atoms with Crippen LogP contribution in [-0.4, -0.2) is 7.11 Å². The van der Waals surface area contributed by atoms with Gasteiger partial charge in [-0.1, -0.05) is 71.8 Å². The van der Waals surface area contributed by atoms with Gasteiger partial charge in [-0.25, -0.2) is 0 Å². The van der Waals surface area contributed by atoms with Gasteiger partial charge in [0.1, 0.15) is 5.75 Å². The summed E-state index contributed by atoms with van der Waals surface area (Å²) in [4.78, 5) is 2.82. The molecule has 3 aromatic carbocycles. The Labute approximate surface area is 146 Å². The van der Waals surface area contributed by atoms with Crippen molar-refractivity contribution in [1.82, 2.24) is 0 Å². The fourth-order valence-electron chi connectivity index (χ4n) is 2.58. The molecule has 3 rings (SSSR count). The smallest absolute Gasteiger partial charge is 0.118 e. The van der Waals surface area contributed by atoms with E-state index in [2.05, 4.69) is 28.2 Å². The summed E-state index contributed by atoms with van der Waals surface area (Å²) in [6.45, 7) is 0. The molecule has 0 fully saturated rings. The van der Waals surface area contributed by atoms with Crippen LogP contribution in [0.2, 0.25) is 0 Å². The van der Waals surface area contributed by atoms with Gasteiger partial charge in [0.15, 0.2) is 0 Å². The molecule has 0 saturated carbocycles. The summed E-state index contributed by atoms with van der Waals surface area (Å²) in [6.07, 6.45) is 2.14. The van der Waals surface area contributed by atoms with Crippen LogP contribution in [0.1, 0.15) is 16.7 Å². The SMILES string of the molecule is COc1ccc(C=C(c2ccccc2)c2ccc(N=[N+]=[N-])cc2)cc1. The summed E-state index contributed by atoms with van der Waals surface area (Å²) >= 11 is 0. The van der Waals surface area contributed by atoms with Gasteiger partial charge in [-0.3, -0.25) is 0 Å². The van der Waals surface area contributed by atoms with Gasteiger partial charge in [0.25, 0.3) is 0 Å². The fourth-order valence-corrected chi connectivity index (χ4v) is 2.58. The first-order chi connectivity index (χ1) is 12.3. The highest BCUT2D eigenvalue weighted by molar-refractivity contribution is 5.91. The third-order valence-electron chi connectivity index (χ3n) is 3.85. The van der Waals surface area contributed by atoms with E-state index < -0.39 is 0 Å². The Hall–Kier alpha value is -3.49. The number of hydrogen-bond acceptors (Lipinski definition) is 2. The molecule has 3 aromatic rings. The zero-order valence-electron chi connectivity index (χ0n) is 13.8. The Bertz CT molecular complexity index is 908. The molecule has 0 bridgehead atoms. The van der Waals surface area contributed by atoms with Gasteiger partial charge in [0.05, 0.1) is 7.11 Å². The minimum Gasteiger partial charge on any atom is -0.497 e. The van der Waals surface area contributed by atoms with Crippen LogP contribution in [0.5, 0.6) is 5.75 Å². The molecule has 0 heterocycles. The Morgan fingerprint density at radius 2 is 1.52 bits per heavy atom. The van der Waals surface area contributed by atoms with Crippen molar-refractivity contribution in [3.63, 3.8) is 0 Å². The molecule has 4 heteroatoms. The number of ether oxygens (including phenoxy) is 1. The molecular weight excluding hydrogens is 310 g/mol. The molecule has 0 aliphatic rings. The lowest BCUT2D eigenvalue weighted by molar-refractivity contribution is 0.415. The van der Waals surface area contributed by atoms with Gasteiger partial charge in [-0.15, -0.1) is 0 Å². The lowest BCUT2D eigenvalue weighted by Gasteiger charge is -2.10. The predicted molar refractivity (Wildman–Crippen MR) is 102 cm³/mol. The Morgan fingerprint density at radius 3 is 2.12 bits per heavy atom. The second-order valence-corrected chi connectivity index (χ2v) is 5.43. The molecule has 122 valence electrons. The highest BCUT2D eigenvalue weighted by Gasteiger charge is 2.05. The van der Waals surface area contributed by atoms with Crippen molar-refractivity contribution in [2.45, 2.75) is 0 Å². The number of nitrogens with zero attached hydrogens (tertiary/aromatic N) is 3. The molecule has 0 N–H and O–H groups in total. The van der Waals surface area contributed by atoms with Crippen molar-refractivity contribution >= 4 is 17.3 Å². The first-order valence-corrected chi connectivity index (χ1v) is 7.87. The second kappa shape index (κ2) is 7.86. The minimum atomic E-state index is 0.600. The van der Waals surface area contributed by atoms with Crippen molar-refractivity contribution in [1.29, 1.82) is 0 Å². The molecular formula is C21H17N3O. The average Bonchev–Trinajstić information content (AvgIpc) is 2.68. The highest BCUT2D eigenvalue weighted by Crippen LogP contribution is 2.28. The van der Waals surface area contributed by atoms with E-state index in [4.69, 9.17) is 10.3 Å². The number of azide groups is 1. The lowest BCUT2D eigenvalue weighted by Crippen LogP contribution is -1.88. The quantitative estimate of drug-likeness (QED) is 0.237. The molecule has 0 amide bonds. The van der Waals surface area contributed by atoms with Gasteiger partial charge in [0, 0.05) is 10.6 Å². The maximum atomic E-state index is 8.55. The first-order valence-electron chi connectivity index (χ1n) is 7.87. The molecule has 0 radical (unpaired) electrons. The van der Waals surface area contributed by atoms with Crippen LogP contribution in [0.3, 0.4) is 0 Å². The van der Waals surface area contributed by atoms with Crippen molar-refractivity contribution < 1.29 is 4.74 Å². The van der Waals surface area contributed by atoms with Crippen LogP contribution in [0.25, 0.3) is 22.1 Å². The maximum absolute atomic E-state index is 8.55. The summed E-state index contributed by atoms with van der Waals surface area (Å²) in [7, 11) is 1.66. The molecule has 25 heavy (non-hydrogen) atoms. The van der Waals surface area contributed by atoms with Crippen LogP contribution in [-0.2, 0) is 0 Å². The van der Waals surface area contributed by atoms with E-state index in [9.17, 15) is 0 Å². The second-order valence-electron chi connectivity index (χ2n) is 5.43. The van der Waals surface area contributed by atoms with E-state index in [-0.39, 0.29) is 0 Å². The summed E-state index contributed by atoms with van der Waals surface area (Å²) in [5, 5.41) is 3.63. The lowest BCUT2D eigenvalue weighted by atomic mass is 9.95. The van der Waals surface area contributed by atoms with E-state index in [1.54, 1.807) is 7.11 Å². The largest absolute Gasteiger partial charge is 0.497 e. The predicted octanol–water partition coefficient (Wildman–Crippen LogP) is 6.23. The molecule has 0 spiro atoms. The highest BCUT2D eigenvalue weighted by atomic mass is 16.5. The first kappa shape index (κ1) is 16.4. The zero-order valence-corrected chi connectivity index (χ0v) is 13.8. The third kappa shape index (κ3) is 4.08. The molecule has 0 aromatic heterocycles. The van der Waals surface area contributed by atoms with Crippen LogP contribution in [0.15, 0.2) is 84.0 Å². The molecule has 0 unspecified atom stereocenters. The van der Waals surface area contributed by atoms with Crippen LogP contribution in [0.4, 0.5) is 5.69 Å². The molecule has 4 nitrogen and oxygen atoms in total. The number of hydrogen-bond donors (Lipinski definition) is 0. The van der Waals surface area contributed by atoms with E-state index >= 15 is 0 Å². The summed E-state index contributed by atoms with van der Waals surface area (Å²) in [5.41, 5.74) is 13.5. The monoisotopic (exact) mass is 327 g/mol. The Kier molecular flexibility index (Phi) is 5.15. The van der Waals surface area contributed by atoms with E-state index in [1.165, 1.54) is 0 Å². The van der Waals surface area contributed by atoms with Gasteiger partial charge in [0.2, 0.25) is 0 Å². The van der Waals surface area contributed by atoms with Crippen LogP contribution >= 0.6 is 0 Å². The van der Waals surface area contributed by atoms with Gasteiger partial charge in [-0.2, -0.15) is 0 Å². The average molecular weight is 327 g/mol. The van der Waals surface area contributed by atoms with Crippen molar-refractivity contribution in [2.24, 2.45) is 5.11 Å². The maximum Gasteiger partial charge on any atom is 0.118 e. The topological polar surface area (TPSA) is 58.0 Å². The van der Waals surface area contributed by atoms with E-state index in [0.717, 1.165) is 28.0 Å². The normalized spacial score (nSPS) is 10.8. The number of rotatable bonds is 5. The van der Waals surface area contributed by atoms with E-state index in [0.29, 0.717) is 5.69 Å². The minimum absolute atomic E-state index is 0.600. The Morgan fingerprint density at radius 1 is 0.880 bits per heavy atom. The van der Waals surface area contributed by atoms with Crippen LogP contribution in [0, 0.1) is 0 Å². The summed E-state index contributed by atoms with van der Waals surface area (Å²) in [6, 6.07) is 25.7. The van der Waals surface area contributed by atoms with Crippen molar-refractivity contribution in [3.05, 3.63) is 106 Å². The van der Waals surface area contributed by atoms with Gasteiger partial charge in [-0.05, 0) is 46.0 Å². The van der Waals surface area contributed by atoms with Gasteiger partial charge < -0.3 is 4.74 Å². The third-order valence-corrected chi connectivity index (χ3v) is 3.85.